The van der Waals surface area contributed by atoms with Crippen LogP contribution in [0, 0.1) is 0 Å². The number of H-pyrrole nitrogens is 1. The van der Waals surface area contributed by atoms with Crippen molar-refractivity contribution in [2.24, 2.45) is 0 Å². The highest BCUT2D eigenvalue weighted by Crippen LogP contribution is 2.40. The van der Waals surface area contributed by atoms with E-state index in [0.29, 0.717) is 48.2 Å². The van der Waals surface area contributed by atoms with E-state index in [1.807, 2.05) is 10.9 Å². The molecule has 1 saturated carbocycles. The molecular weight excluding hydrogens is 609 g/mol. The van der Waals surface area contributed by atoms with Gasteiger partial charge in [-0.2, -0.15) is 5.10 Å². The number of benzene rings is 2. The Morgan fingerprint density at radius 1 is 1.04 bits per heavy atom. The molecule has 1 saturated heterocycles. The molecule has 11 nitrogen and oxygen atoms in total. The van der Waals surface area contributed by atoms with E-state index in [-0.39, 0.29) is 0 Å². The van der Waals surface area contributed by atoms with Gasteiger partial charge >= 0.3 is 0 Å². The van der Waals surface area contributed by atoms with Crippen molar-refractivity contribution in [3.05, 3.63) is 66.0 Å². The lowest BCUT2D eigenvalue weighted by Gasteiger charge is -2.26. The number of aromatic nitrogens is 6. The Bertz CT molecular complexity index is 1820. The highest BCUT2D eigenvalue weighted by molar-refractivity contribution is 6.76. The van der Waals surface area contributed by atoms with Crippen molar-refractivity contribution in [2.75, 3.05) is 45.3 Å². The summed E-state index contributed by atoms with van der Waals surface area (Å²) in [7, 11) is 0.411. The molecule has 47 heavy (non-hydrogen) atoms. The second-order valence-electron chi connectivity index (χ2n) is 13.7. The number of nitrogens with one attached hydrogen (secondary N) is 2. The second-order valence-corrected chi connectivity index (χ2v) is 19.4. The zero-order valence-electron chi connectivity index (χ0n) is 27.8. The quantitative estimate of drug-likeness (QED) is 0.106. The van der Waals surface area contributed by atoms with Crippen molar-refractivity contribution in [2.45, 2.75) is 57.7 Å². The number of morpholine rings is 1. The van der Waals surface area contributed by atoms with Gasteiger partial charge in [-0.05, 0) is 48.1 Å². The van der Waals surface area contributed by atoms with Crippen molar-refractivity contribution in [3.8, 4) is 28.7 Å². The van der Waals surface area contributed by atoms with Crippen LogP contribution < -0.4 is 10.1 Å². The van der Waals surface area contributed by atoms with E-state index in [9.17, 15) is 0 Å². The van der Waals surface area contributed by atoms with Gasteiger partial charge in [0.1, 0.15) is 6.73 Å². The van der Waals surface area contributed by atoms with Crippen molar-refractivity contribution in [1.29, 1.82) is 0 Å². The molecule has 1 aliphatic heterocycles. The van der Waals surface area contributed by atoms with E-state index in [4.69, 9.17) is 29.3 Å². The lowest BCUT2D eigenvalue weighted by Crippen LogP contribution is -2.35. The number of aromatic amines is 1. The molecule has 246 valence electrons. The average Bonchev–Trinajstić information content (AvgIpc) is 3.72. The summed E-state index contributed by atoms with van der Waals surface area (Å²) in [4.78, 5) is 20.4. The van der Waals surface area contributed by atoms with E-state index in [1.54, 1.807) is 13.3 Å². The lowest BCUT2D eigenvalue weighted by atomic mass is 10.1. The lowest BCUT2D eigenvalue weighted by molar-refractivity contribution is 0.0342. The number of methoxy groups -OCH3 is 1. The van der Waals surface area contributed by atoms with Crippen LogP contribution in [-0.2, 0) is 22.7 Å². The van der Waals surface area contributed by atoms with Crippen LogP contribution in [0.15, 0.2) is 54.9 Å². The van der Waals surface area contributed by atoms with Gasteiger partial charge in [0.25, 0.3) is 0 Å². The van der Waals surface area contributed by atoms with Crippen LogP contribution in [0.4, 0.5) is 11.5 Å². The molecule has 3 aromatic heterocycles. The highest BCUT2D eigenvalue weighted by Gasteiger charge is 2.24. The molecule has 2 aliphatic rings. The molecule has 5 aromatic rings. The maximum absolute atomic E-state index is 6.06. The van der Waals surface area contributed by atoms with Gasteiger partial charge in [0, 0.05) is 39.9 Å². The first-order chi connectivity index (χ1) is 22.8. The molecule has 7 rings (SSSR count). The standard InChI is InChI=1S/C35H44N8O3Si/c1-44-31-20-36-33(27-10-8-26(9-11-27)25-6-7-25)40-34(31)39-30-22-43(23-46-17-18-47(2,3)4)41-32(30)35-37-28-12-5-24(19-29(28)38-35)21-42-13-15-45-16-14-42/h5,8-12,19-20,22,25H,6-7,13-18,21,23H2,1-4H3,(H,37,38)(H,36,39,40). The Labute approximate surface area is 276 Å². The first-order valence-corrected chi connectivity index (χ1v) is 20.2. The van der Waals surface area contributed by atoms with Crippen LogP contribution in [0.1, 0.15) is 29.9 Å². The Morgan fingerprint density at radius 3 is 2.60 bits per heavy atom. The first kappa shape index (κ1) is 31.5. The summed E-state index contributed by atoms with van der Waals surface area (Å²) in [5.74, 6) is 3.06. The third-order valence-electron chi connectivity index (χ3n) is 8.71. The fourth-order valence-corrected chi connectivity index (χ4v) is 6.53. The fourth-order valence-electron chi connectivity index (χ4n) is 5.77. The highest BCUT2D eigenvalue weighted by atomic mass is 28.3. The number of fused-ring (bicyclic) bond motifs is 1. The molecule has 0 amide bonds. The van der Waals surface area contributed by atoms with E-state index in [0.717, 1.165) is 61.2 Å². The predicted octanol–water partition coefficient (Wildman–Crippen LogP) is 6.66. The predicted molar refractivity (Wildman–Crippen MR) is 187 cm³/mol. The van der Waals surface area contributed by atoms with Gasteiger partial charge < -0.3 is 24.5 Å². The summed E-state index contributed by atoms with van der Waals surface area (Å²) >= 11 is 0. The number of hydrogen-bond acceptors (Lipinski definition) is 9. The van der Waals surface area contributed by atoms with Gasteiger partial charge in [-0.15, -0.1) is 0 Å². The number of ether oxygens (including phenoxy) is 3. The van der Waals surface area contributed by atoms with E-state index >= 15 is 0 Å². The molecule has 0 unspecified atom stereocenters. The summed E-state index contributed by atoms with van der Waals surface area (Å²) in [5.41, 5.74) is 6.82. The smallest absolute Gasteiger partial charge is 0.179 e. The largest absolute Gasteiger partial charge is 0.491 e. The molecule has 0 atom stereocenters. The van der Waals surface area contributed by atoms with Gasteiger partial charge in [0.05, 0.1) is 49.4 Å². The molecule has 0 radical (unpaired) electrons. The summed E-state index contributed by atoms with van der Waals surface area (Å²) in [6.07, 6.45) is 6.19. The van der Waals surface area contributed by atoms with Crippen LogP contribution in [-0.4, -0.2) is 82.7 Å². The fraction of sp³-hybridized carbons (Fsp3) is 0.429. The third-order valence-corrected chi connectivity index (χ3v) is 10.4. The number of nitrogens with zero attached hydrogens (tertiary/aromatic N) is 6. The van der Waals surface area contributed by atoms with Gasteiger partial charge in [-0.3, -0.25) is 4.90 Å². The zero-order chi connectivity index (χ0) is 32.4. The normalized spacial score (nSPS) is 15.7. The van der Waals surface area contributed by atoms with E-state index < -0.39 is 8.07 Å². The van der Waals surface area contributed by atoms with E-state index in [1.165, 1.54) is 24.0 Å². The minimum atomic E-state index is -1.21. The van der Waals surface area contributed by atoms with Gasteiger partial charge in [-0.25, -0.2) is 19.6 Å². The van der Waals surface area contributed by atoms with Crippen molar-refractivity contribution in [3.63, 3.8) is 0 Å². The molecule has 1 aliphatic carbocycles. The minimum absolute atomic E-state index is 0.336. The summed E-state index contributed by atoms with van der Waals surface area (Å²) in [6.45, 7) is 12.4. The number of rotatable bonds is 13. The summed E-state index contributed by atoms with van der Waals surface area (Å²) in [6, 6.07) is 16.1. The SMILES string of the molecule is COc1cnc(-c2ccc(C3CC3)cc2)nc1Nc1cn(COCC[Si](C)(C)C)nc1-c1nc2ccc(CN3CCOCC3)cc2[nH]1. The van der Waals surface area contributed by atoms with Crippen LogP contribution in [0.5, 0.6) is 5.75 Å². The Hall–Kier alpha value is -4.10. The number of imidazole rings is 1. The van der Waals surface area contributed by atoms with Crippen molar-refractivity contribution in [1.82, 2.24) is 34.6 Å². The monoisotopic (exact) mass is 652 g/mol. The molecule has 12 heteroatoms. The minimum Gasteiger partial charge on any atom is -0.491 e. The molecule has 4 heterocycles. The topological polar surface area (TPSA) is 115 Å². The molecule has 2 N–H and O–H groups in total. The van der Waals surface area contributed by atoms with E-state index in [2.05, 4.69) is 82.3 Å². The zero-order valence-corrected chi connectivity index (χ0v) is 28.8. The van der Waals surface area contributed by atoms with Crippen LogP contribution >= 0.6 is 0 Å². The molecular formula is C35H44N8O3Si. The number of hydrogen-bond donors (Lipinski definition) is 2. The summed E-state index contributed by atoms with van der Waals surface area (Å²) < 4.78 is 19.1. The number of anilines is 2. The molecule has 0 spiro atoms. The Morgan fingerprint density at radius 2 is 1.85 bits per heavy atom. The first-order valence-electron chi connectivity index (χ1n) is 16.5. The van der Waals surface area contributed by atoms with Crippen LogP contribution in [0.3, 0.4) is 0 Å². The van der Waals surface area contributed by atoms with Gasteiger partial charge in [0.15, 0.2) is 28.9 Å². The van der Waals surface area contributed by atoms with Gasteiger partial charge in [-0.1, -0.05) is 50.0 Å². The average molecular weight is 653 g/mol. The Kier molecular flexibility index (Phi) is 9.08. The molecule has 2 fully saturated rings. The molecule has 0 bridgehead atoms. The summed E-state index contributed by atoms with van der Waals surface area (Å²) in [5, 5.41) is 8.43. The van der Waals surface area contributed by atoms with Crippen molar-refractivity contribution >= 4 is 30.6 Å². The maximum atomic E-state index is 6.06. The second kappa shape index (κ2) is 13.6. The molecule has 2 aromatic carbocycles. The van der Waals surface area contributed by atoms with Gasteiger partial charge in [0.2, 0.25) is 0 Å². The van der Waals surface area contributed by atoms with Crippen molar-refractivity contribution < 1.29 is 14.2 Å². The third kappa shape index (κ3) is 7.73. The van der Waals surface area contributed by atoms with Crippen LogP contribution in [0.25, 0.3) is 33.9 Å². The maximum Gasteiger partial charge on any atom is 0.179 e. The Balaban J connectivity index is 1.18. The van der Waals surface area contributed by atoms with Crippen LogP contribution in [0.2, 0.25) is 25.7 Å².